The van der Waals surface area contributed by atoms with Crippen molar-refractivity contribution in [2.45, 2.75) is 101 Å². The number of unbranched alkanes of at least 4 members (excludes halogenated alkanes) is 4. The number of carbonyl (C=O) groups is 4. The highest BCUT2D eigenvalue weighted by Gasteiger charge is 2.58. The van der Waals surface area contributed by atoms with E-state index in [0.717, 1.165) is 18.9 Å². The van der Waals surface area contributed by atoms with Crippen LogP contribution in [0.4, 0.5) is 8.78 Å². The van der Waals surface area contributed by atoms with Crippen LogP contribution in [0.5, 0.6) is 0 Å². The van der Waals surface area contributed by atoms with E-state index in [1.807, 2.05) is 0 Å². The SMILES string of the molecule is CCOC(=O)CCCCCCN1C(=O)CC[C@@H]1C=C[C@@H](OC(=O)Cc1ccc(C(=O)NCCCCC(O)(P(=O)(O)O)P(=O)(O)O)cc1)C(F)(F)c1ccccc1. The van der Waals surface area contributed by atoms with Crippen molar-refractivity contribution in [2.75, 3.05) is 19.7 Å². The molecule has 0 saturated carbocycles. The number of carbonyl (C=O) groups excluding carboxylic acids is 4. The molecule has 19 heteroatoms. The van der Waals surface area contributed by atoms with Gasteiger partial charge in [-0.15, -0.1) is 0 Å². The molecule has 1 fully saturated rings. The molecule has 2 amide bonds. The van der Waals surface area contributed by atoms with Crippen LogP contribution < -0.4 is 5.32 Å². The largest absolute Gasteiger partial charge is 0.466 e. The van der Waals surface area contributed by atoms with E-state index in [9.17, 15) is 53.0 Å². The first-order chi connectivity index (χ1) is 26.3. The number of likely N-dealkylation sites (tertiary alicyclic amines) is 1. The molecular weight excluding hydrogens is 780 g/mol. The fourth-order valence-corrected chi connectivity index (χ4v) is 8.30. The molecule has 2 aromatic carbocycles. The lowest BCUT2D eigenvalue weighted by Gasteiger charge is -2.29. The predicted octanol–water partition coefficient (Wildman–Crippen LogP) is 4.90. The molecule has 1 heterocycles. The van der Waals surface area contributed by atoms with Crippen LogP contribution in [0.1, 0.15) is 92.6 Å². The number of hydrogen-bond donors (Lipinski definition) is 6. The Morgan fingerprint density at radius 1 is 0.929 bits per heavy atom. The summed E-state index contributed by atoms with van der Waals surface area (Å²) in [4.78, 5) is 88.4. The summed E-state index contributed by atoms with van der Waals surface area (Å²) in [5.41, 5.74) is 0.119. The minimum absolute atomic E-state index is 0.0100. The van der Waals surface area contributed by atoms with Gasteiger partial charge in [0.2, 0.25) is 5.91 Å². The summed E-state index contributed by atoms with van der Waals surface area (Å²) in [5, 5.41) is 8.93. The van der Waals surface area contributed by atoms with Gasteiger partial charge in [0.1, 0.15) is 0 Å². The summed E-state index contributed by atoms with van der Waals surface area (Å²) in [6.45, 7) is 2.40. The van der Waals surface area contributed by atoms with Crippen molar-refractivity contribution in [3.8, 4) is 0 Å². The van der Waals surface area contributed by atoms with Gasteiger partial charge in [0.05, 0.1) is 19.1 Å². The standard InChI is InChI=1S/C37H50F2N2O13P2/c1-2-53-33(43)14-8-3-4-11-25-41-30(20-22-32(41)42)19-21-31(37(38,39)29-12-6-5-7-13-29)54-34(44)26-27-15-17-28(18-16-27)35(45)40-24-10-9-23-36(46,55(47,48)49)56(50,51)52/h5-7,12-13,15-19,21,30-31,46H,2-4,8-11,14,20,22-26H2,1H3,(H,40,45)(H2,47,48,49)(H2,50,51,52)/t30-,31+/m0/s1. The van der Waals surface area contributed by atoms with Crippen LogP contribution in [-0.4, -0.2) is 90.3 Å². The van der Waals surface area contributed by atoms with Crippen LogP contribution in [0.25, 0.3) is 0 Å². The van der Waals surface area contributed by atoms with Crippen LogP contribution >= 0.6 is 15.2 Å². The van der Waals surface area contributed by atoms with E-state index in [-0.39, 0.29) is 48.8 Å². The molecule has 0 unspecified atom stereocenters. The third-order valence-corrected chi connectivity index (χ3v) is 13.1. The zero-order valence-corrected chi connectivity index (χ0v) is 32.8. The normalized spacial score (nSPS) is 15.9. The number of nitrogens with one attached hydrogen (secondary N) is 1. The summed E-state index contributed by atoms with van der Waals surface area (Å²) in [6, 6.07) is 12.0. The van der Waals surface area contributed by atoms with Gasteiger partial charge in [-0.05, 0) is 69.2 Å². The van der Waals surface area contributed by atoms with Gasteiger partial charge in [-0.1, -0.05) is 61.4 Å². The number of ether oxygens (including phenoxy) is 2. The van der Waals surface area contributed by atoms with E-state index < -0.39 is 63.1 Å². The average molecular weight is 831 g/mol. The second-order valence-corrected chi connectivity index (χ2v) is 17.4. The number of rotatable bonds is 23. The first-order valence-corrected chi connectivity index (χ1v) is 21.5. The van der Waals surface area contributed by atoms with Gasteiger partial charge in [0, 0.05) is 37.1 Å². The van der Waals surface area contributed by atoms with E-state index >= 15 is 8.78 Å². The van der Waals surface area contributed by atoms with Crippen molar-refractivity contribution in [3.63, 3.8) is 0 Å². The van der Waals surface area contributed by atoms with Crippen molar-refractivity contribution in [1.82, 2.24) is 10.2 Å². The molecule has 0 bridgehead atoms. The van der Waals surface area contributed by atoms with Crippen LogP contribution in [0.3, 0.4) is 0 Å². The Bertz CT molecular complexity index is 1730. The maximum Gasteiger partial charge on any atom is 0.369 e. The molecule has 1 saturated heterocycles. The lowest BCUT2D eigenvalue weighted by Crippen LogP contribution is -2.36. The van der Waals surface area contributed by atoms with Gasteiger partial charge in [0.15, 0.2) is 6.10 Å². The number of halogens is 2. The minimum Gasteiger partial charge on any atom is -0.466 e. The molecule has 1 aliphatic heterocycles. The average Bonchev–Trinajstić information content (AvgIpc) is 3.49. The smallest absolute Gasteiger partial charge is 0.369 e. The van der Waals surface area contributed by atoms with Gasteiger partial charge >= 0.3 is 33.1 Å². The zero-order chi connectivity index (χ0) is 41.6. The maximum atomic E-state index is 15.9. The Balaban J connectivity index is 1.59. The topological polar surface area (TPSA) is 237 Å². The molecule has 15 nitrogen and oxygen atoms in total. The number of nitrogens with zero attached hydrogens (tertiary/aromatic N) is 1. The molecule has 3 rings (SSSR count). The number of hydrogen-bond acceptors (Lipinski definition) is 9. The van der Waals surface area contributed by atoms with Gasteiger partial charge in [-0.3, -0.25) is 28.3 Å². The number of alkyl halides is 2. The van der Waals surface area contributed by atoms with E-state index in [1.165, 1.54) is 54.6 Å². The first kappa shape index (κ1) is 46.6. The third-order valence-electron chi connectivity index (χ3n) is 9.21. The quantitative estimate of drug-likeness (QED) is 0.0379. The minimum atomic E-state index is -5.58. The Morgan fingerprint density at radius 3 is 2.20 bits per heavy atom. The van der Waals surface area contributed by atoms with Crippen molar-refractivity contribution in [1.29, 1.82) is 0 Å². The van der Waals surface area contributed by atoms with E-state index in [1.54, 1.807) is 17.9 Å². The van der Waals surface area contributed by atoms with Crippen LogP contribution in [0, 0.1) is 0 Å². The molecule has 0 radical (unpaired) electrons. The summed E-state index contributed by atoms with van der Waals surface area (Å²) in [5.74, 6) is -5.55. The molecule has 0 aliphatic carbocycles. The molecule has 2 atom stereocenters. The highest BCUT2D eigenvalue weighted by atomic mass is 31.2. The molecule has 56 heavy (non-hydrogen) atoms. The Morgan fingerprint density at radius 2 is 1.57 bits per heavy atom. The lowest BCUT2D eigenvalue weighted by atomic mass is 10.0. The molecular formula is C37H50F2N2O13P2. The van der Waals surface area contributed by atoms with Crippen LogP contribution in [0.2, 0.25) is 0 Å². The lowest BCUT2D eigenvalue weighted by molar-refractivity contribution is -0.167. The van der Waals surface area contributed by atoms with E-state index in [2.05, 4.69) is 5.32 Å². The van der Waals surface area contributed by atoms with Crippen molar-refractivity contribution >= 4 is 38.9 Å². The van der Waals surface area contributed by atoms with Crippen molar-refractivity contribution in [2.24, 2.45) is 0 Å². The third kappa shape index (κ3) is 13.4. The predicted molar refractivity (Wildman–Crippen MR) is 199 cm³/mol. The molecule has 0 spiro atoms. The summed E-state index contributed by atoms with van der Waals surface area (Å²) < 4.78 is 65.0. The highest BCUT2D eigenvalue weighted by molar-refractivity contribution is 7.72. The molecule has 1 aliphatic rings. The van der Waals surface area contributed by atoms with Gasteiger partial charge in [-0.25, -0.2) is 0 Å². The van der Waals surface area contributed by atoms with Crippen molar-refractivity contribution < 1.29 is 71.2 Å². The number of benzene rings is 2. The van der Waals surface area contributed by atoms with Crippen molar-refractivity contribution in [3.05, 3.63) is 83.4 Å². The summed E-state index contributed by atoms with van der Waals surface area (Å²) >= 11 is 0. The molecule has 6 N–H and O–H groups in total. The van der Waals surface area contributed by atoms with Gasteiger partial charge in [-0.2, -0.15) is 8.78 Å². The second kappa shape index (κ2) is 21.1. The zero-order valence-electron chi connectivity index (χ0n) is 31.0. The molecule has 310 valence electrons. The van der Waals surface area contributed by atoms with Crippen LogP contribution in [-0.2, 0) is 45.3 Å². The summed E-state index contributed by atoms with van der Waals surface area (Å²) in [7, 11) is -11.2. The van der Waals surface area contributed by atoms with E-state index in [0.29, 0.717) is 44.4 Å². The number of esters is 2. The van der Waals surface area contributed by atoms with E-state index in [4.69, 9.17) is 9.47 Å². The van der Waals surface area contributed by atoms with Gasteiger partial charge < -0.3 is 44.4 Å². The highest BCUT2D eigenvalue weighted by Crippen LogP contribution is 2.69. The summed E-state index contributed by atoms with van der Waals surface area (Å²) in [6.07, 6.45) is 2.83. The fourth-order valence-electron chi connectivity index (χ4n) is 6.05. The second-order valence-electron chi connectivity index (χ2n) is 13.4. The van der Waals surface area contributed by atoms with Crippen LogP contribution in [0.15, 0.2) is 66.7 Å². The first-order valence-electron chi connectivity index (χ1n) is 18.3. The Kier molecular flexibility index (Phi) is 17.5. The monoisotopic (exact) mass is 830 g/mol. The number of aliphatic hydroxyl groups is 1. The van der Waals surface area contributed by atoms with Gasteiger partial charge in [0.25, 0.3) is 11.0 Å². The molecule has 2 aromatic rings. The Labute approximate surface area is 323 Å². The maximum absolute atomic E-state index is 15.9. The molecule has 0 aromatic heterocycles. The number of amides is 2. The Hall–Kier alpha value is -3.82. The fraction of sp³-hybridized carbons (Fsp3) is 0.514.